The number of amides is 1. The van der Waals surface area contributed by atoms with E-state index in [9.17, 15) is 26.4 Å². The van der Waals surface area contributed by atoms with Gasteiger partial charge in [-0.2, -0.15) is 13.2 Å². The molecule has 6 nitrogen and oxygen atoms in total. The molecule has 10 heteroatoms. The van der Waals surface area contributed by atoms with Crippen molar-refractivity contribution in [2.75, 3.05) is 11.9 Å². The summed E-state index contributed by atoms with van der Waals surface area (Å²) in [5.41, 5.74) is 1.90. The van der Waals surface area contributed by atoms with Crippen molar-refractivity contribution < 1.29 is 31.1 Å². The van der Waals surface area contributed by atoms with Crippen LogP contribution in [0.1, 0.15) is 27.0 Å². The number of ether oxygens (including phenoxy) is 1. The summed E-state index contributed by atoms with van der Waals surface area (Å²) in [7, 11) is -3.94. The Kier molecular flexibility index (Phi) is 7.63. The molecule has 34 heavy (non-hydrogen) atoms. The molecular weight excluding hydrogens is 469 g/mol. The molecule has 0 atom stereocenters. The second-order valence-corrected chi connectivity index (χ2v) is 9.38. The number of nitrogens with one attached hydrogen (secondary N) is 2. The molecule has 0 aromatic heterocycles. The van der Waals surface area contributed by atoms with E-state index >= 15 is 0 Å². The van der Waals surface area contributed by atoms with E-state index in [4.69, 9.17) is 4.74 Å². The number of anilines is 1. The summed E-state index contributed by atoms with van der Waals surface area (Å²) in [5.74, 6) is -0.838. The van der Waals surface area contributed by atoms with Gasteiger partial charge in [0.05, 0.1) is 10.6 Å². The highest BCUT2D eigenvalue weighted by Crippen LogP contribution is 2.29. The van der Waals surface area contributed by atoms with Crippen molar-refractivity contribution in [3.63, 3.8) is 0 Å². The molecule has 1 amide bonds. The Labute approximate surface area is 195 Å². The molecular formula is C24H23F3N2O4S. The third kappa shape index (κ3) is 6.82. The van der Waals surface area contributed by atoms with E-state index in [2.05, 4.69) is 10.0 Å². The molecule has 2 N–H and O–H groups in total. The van der Waals surface area contributed by atoms with Gasteiger partial charge in [-0.15, -0.1) is 0 Å². The van der Waals surface area contributed by atoms with Crippen LogP contribution < -0.4 is 14.8 Å². The molecule has 0 aliphatic heterocycles. The third-order valence-electron chi connectivity index (χ3n) is 4.83. The minimum absolute atomic E-state index is 0.0213. The lowest BCUT2D eigenvalue weighted by Gasteiger charge is -2.15. The number of hydrogen-bond donors (Lipinski definition) is 2. The molecule has 0 aliphatic rings. The largest absolute Gasteiger partial charge is 0.482 e. The van der Waals surface area contributed by atoms with Gasteiger partial charge in [-0.05, 0) is 54.8 Å². The van der Waals surface area contributed by atoms with Crippen LogP contribution in [0.15, 0.2) is 71.6 Å². The number of carbonyl (C=O) groups excluding carboxylic acids is 1. The van der Waals surface area contributed by atoms with E-state index in [0.717, 1.165) is 5.56 Å². The zero-order chi connectivity index (χ0) is 24.9. The number of hydrogen-bond acceptors (Lipinski definition) is 4. The molecule has 3 rings (SSSR count). The molecule has 3 aromatic carbocycles. The molecule has 0 spiro atoms. The summed E-state index contributed by atoms with van der Waals surface area (Å²) >= 11 is 0. The molecule has 3 aromatic rings. The van der Waals surface area contributed by atoms with E-state index in [0.29, 0.717) is 11.1 Å². The highest BCUT2D eigenvalue weighted by molar-refractivity contribution is 7.89. The Morgan fingerprint density at radius 2 is 1.68 bits per heavy atom. The first-order chi connectivity index (χ1) is 15.9. The smallest absolute Gasteiger partial charge is 0.422 e. The lowest BCUT2D eigenvalue weighted by atomic mass is 10.1. The fourth-order valence-electron chi connectivity index (χ4n) is 3.09. The summed E-state index contributed by atoms with van der Waals surface area (Å²) < 4.78 is 70.8. The van der Waals surface area contributed by atoms with Crippen molar-refractivity contribution in [2.45, 2.75) is 31.5 Å². The maximum Gasteiger partial charge on any atom is 0.422 e. The molecule has 0 fully saturated rings. The Morgan fingerprint density at radius 3 is 2.35 bits per heavy atom. The fourth-order valence-corrected chi connectivity index (χ4v) is 4.38. The van der Waals surface area contributed by atoms with Gasteiger partial charge in [0, 0.05) is 12.1 Å². The van der Waals surface area contributed by atoms with Gasteiger partial charge in [-0.1, -0.05) is 42.5 Å². The maximum absolute atomic E-state index is 12.9. The molecule has 0 radical (unpaired) electrons. The Balaban J connectivity index is 1.81. The monoisotopic (exact) mass is 492 g/mol. The van der Waals surface area contributed by atoms with Crippen molar-refractivity contribution in [3.8, 4) is 5.75 Å². The van der Waals surface area contributed by atoms with E-state index in [1.807, 2.05) is 6.07 Å². The van der Waals surface area contributed by atoms with Gasteiger partial charge in [0.1, 0.15) is 5.75 Å². The highest BCUT2D eigenvalue weighted by atomic mass is 32.2. The van der Waals surface area contributed by atoms with E-state index in [1.165, 1.54) is 30.3 Å². The number of benzene rings is 3. The average Bonchev–Trinajstić information content (AvgIpc) is 2.78. The third-order valence-corrected chi connectivity index (χ3v) is 6.37. The topological polar surface area (TPSA) is 84.5 Å². The lowest BCUT2D eigenvalue weighted by Crippen LogP contribution is -2.24. The molecule has 0 heterocycles. The zero-order valence-electron chi connectivity index (χ0n) is 18.4. The first-order valence-electron chi connectivity index (χ1n) is 10.2. The molecule has 0 saturated carbocycles. The highest BCUT2D eigenvalue weighted by Gasteiger charge is 2.29. The fraction of sp³-hybridized carbons (Fsp3) is 0.208. The summed E-state index contributed by atoms with van der Waals surface area (Å²) in [5, 5.41) is 2.50. The minimum atomic E-state index is -4.54. The van der Waals surface area contributed by atoms with Crippen LogP contribution in [0.3, 0.4) is 0 Å². The van der Waals surface area contributed by atoms with Crippen molar-refractivity contribution in [3.05, 3.63) is 89.0 Å². The van der Waals surface area contributed by atoms with Gasteiger partial charge >= 0.3 is 6.18 Å². The number of sulfonamides is 1. The lowest BCUT2D eigenvalue weighted by molar-refractivity contribution is -0.153. The van der Waals surface area contributed by atoms with E-state index in [1.54, 1.807) is 44.2 Å². The predicted octanol–water partition coefficient (Wildman–Crippen LogP) is 4.98. The van der Waals surface area contributed by atoms with Crippen molar-refractivity contribution in [2.24, 2.45) is 0 Å². The number of rotatable bonds is 8. The molecule has 180 valence electrons. The van der Waals surface area contributed by atoms with Crippen molar-refractivity contribution >= 4 is 21.6 Å². The van der Waals surface area contributed by atoms with Gasteiger partial charge in [0.2, 0.25) is 10.0 Å². The van der Waals surface area contributed by atoms with Gasteiger partial charge < -0.3 is 10.1 Å². The number of aryl methyl sites for hydroxylation is 2. The second-order valence-electron chi connectivity index (χ2n) is 7.65. The number of alkyl halides is 3. The van der Waals surface area contributed by atoms with Gasteiger partial charge in [-0.3, -0.25) is 4.79 Å². The first kappa shape index (κ1) is 25.3. The quantitative estimate of drug-likeness (QED) is 0.465. The Hall–Kier alpha value is -3.37. The van der Waals surface area contributed by atoms with Crippen LogP contribution in [0.4, 0.5) is 18.9 Å². The van der Waals surface area contributed by atoms with Crippen molar-refractivity contribution in [1.29, 1.82) is 0 Å². The standard InChI is InChI=1S/C24H23F3N2O4S/c1-16-8-11-20(21(12-16)33-15-24(25,26)27)29-23(30)19-10-9-17(2)22(13-19)34(31,32)28-14-18-6-4-3-5-7-18/h3-13,28H,14-15H2,1-2H3,(H,29,30). The van der Waals surface area contributed by atoms with Crippen LogP contribution in [0.5, 0.6) is 5.75 Å². The van der Waals surface area contributed by atoms with Crippen LogP contribution in [-0.4, -0.2) is 27.1 Å². The SMILES string of the molecule is Cc1ccc(NC(=O)c2ccc(C)c(S(=O)(=O)NCc3ccccc3)c2)c(OCC(F)(F)F)c1. The van der Waals surface area contributed by atoms with E-state index < -0.39 is 28.7 Å². The maximum atomic E-state index is 12.9. The summed E-state index contributed by atoms with van der Waals surface area (Å²) in [6.45, 7) is 1.83. The van der Waals surface area contributed by atoms with Crippen molar-refractivity contribution in [1.82, 2.24) is 4.72 Å². The summed E-state index contributed by atoms with van der Waals surface area (Å²) in [6, 6.07) is 17.5. The number of carbonyl (C=O) groups is 1. The van der Waals surface area contributed by atoms with Crippen LogP contribution in [-0.2, 0) is 16.6 Å². The van der Waals surface area contributed by atoms with Crippen LogP contribution in [0, 0.1) is 13.8 Å². The van der Waals surface area contributed by atoms with Crippen LogP contribution in [0.2, 0.25) is 0 Å². The Bertz CT molecular complexity index is 1280. The summed E-state index contributed by atoms with van der Waals surface area (Å²) in [4.78, 5) is 12.7. The molecule has 0 saturated heterocycles. The normalized spacial score (nSPS) is 11.8. The van der Waals surface area contributed by atoms with Crippen LogP contribution in [0.25, 0.3) is 0 Å². The second kappa shape index (κ2) is 10.3. The first-order valence-corrected chi connectivity index (χ1v) is 11.7. The van der Waals surface area contributed by atoms with Crippen LogP contribution >= 0.6 is 0 Å². The zero-order valence-corrected chi connectivity index (χ0v) is 19.3. The summed E-state index contributed by atoms with van der Waals surface area (Å²) in [6.07, 6.45) is -4.54. The van der Waals surface area contributed by atoms with Gasteiger partial charge in [0.15, 0.2) is 6.61 Å². The Morgan fingerprint density at radius 1 is 0.971 bits per heavy atom. The molecule has 0 unspecified atom stereocenters. The minimum Gasteiger partial charge on any atom is -0.482 e. The van der Waals surface area contributed by atoms with E-state index in [-0.39, 0.29) is 28.4 Å². The van der Waals surface area contributed by atoms with Gasteiger partial charge in [-0.25, -0.2) is 13.1 Å². The molecule has 0 aliphatic carbocycles. The van der Waals surface area contributed by atoms with Gasteiger partial charge in [0.25, 0.3) is 5.91 Å². The molecule has 0 bridgehead atoms. The predicted molar refractivity (Wildman–Crippen MR) is 122 cm³/mol. The average molecular weight is 493 g/mol. The number of halogens is 3.